The van der Waals surface area contributed by atoms with Crippen LogP contribution in [0, 0.1) is 0 Å². The van der Waals surface area contributed by atoms with Crippen LogP contribution in [0.1, 0.15) is 5.56 Å². The van der Waals surface area contributed by atoms with E-state index in [1.807, 2.05) is 42.5 Å². The van der Waals surface area contributed by atoms with Crippen molar-refractivity contribution in [2.75, 3.05) is 17.6 Å². The molecule has 0 fully saturated rings. The Morgan fingerprint density at radius 1 is 1.05 bits per heavy atom. The molecule has 2 aromatic carbocycles. The molecule has 1 heterocycles. The molecular weight excluding hydrogens is 284 g/mol. The molecule has 0 unspecified atom stereocenters. The van der Waals surface area contributed by atoms with Crippen LogP contribution in [0.2, 0.25) is 5.02 Å². The molecule has 0 spiro atoms. The van der Waals surface area contributed by atoms with Crippen LogP contribution in [0.5, 0.6) is 0 Å². The van der Waals surface area contributed by atoms with Gasteiger partial charge in [0.05, 0.1) is 5.52 Å². The lowest BCUT2D eigenvalue weighted by Crippen LogP contribution is -2.07. The lowest BCUT2D eigenvalue weighted by Gasteiger charge is -2.08. The van der Waals surface area contributed by atoms with Crippen molar-refractivity contribution in [2.24, 2.45) is 0 Å². The molecule has 0 aliphatic carbocycles. The summed E-state index contributed by atoms with van der Waals surface area (Å²) in [6.07, 6.45) is 2.45. The van der Waals surface area contributed by atoms with Crippen molar-refractivity contribution in [1.29, 1.82) is 0 Å². The zero-order valence-electron chi connectivity index (χ0n) is 11.4. The normalized spacial score (nSPS) is 10.7. The van der Waals surface area contributed by atoms with Gasteiger partial charge >= 0.3 is 0 Å². The van der Waals surface area contributed by atoms with E-state index in [4.69, 9.17) is 17.3 Å². The van der Waals surface area contributed by atoms with E-state index < -0.39 is 0 Å². The van der Waals surface area contributed by atoms with Crippen LogP contribution in [-0.2, 0) is 6.42 Å². The predicted molar refractivity (Wildman–Crippen MR) is 87.6 cm³/mol. The van der Waals surface area contributed by atoms with Gasteiger partial charge in [-0.1, -0.05) is 23.7 Å². The number of halogens is 1. The Morgan fingerprint density at radius 3 is 2.67 bits per heavy atom. The number of fused-ring (bicyclic) bond motifs is 1. The summed E-state index contributed by atoms with van der Waals surface area (Å²) in [4.78, 5) is 8.53. The Hall–Kier alpha value is -2.33. The summed E-state index contributed by atoms with van der Waals surface area (Å²) in [5.41, 5.74) is 8.55. The Labute approximate surface area is 128 Å². The first-order chi connectivity index (χ1) is 10.2. The second-order valence-electron chi connectivity index (χ2n) is 4.80. The van der Waals surface area contributed by atoms with Crippen molar-refractivity contribution in [1.82, 2.24) is 9.97 Å². The van der Waals surface area contributed by atoms with Crippen molar-refractivity contribution >= 4 is 34.0 Å². The van der Waals surface area contributed by atoms with Gasteiger partial charge in [0.15, 0.2) is 0 Å². The maximum Gasteiger partial charge on any atom is 0.137 e. The zero-order chi connectivity index (χ0) is 14.7. The average Bonchev–Trinajstić information content (AvgIpc) is 2.49. The summed E-state index contributed by atoms with van der Waals surface area (Å²) in [6, 6.07) is 13.5. The highest BCUT2D eigenvalue weighted by Gasteiger charge is 2.03. The van der Waals surface area contributed by atoms with Crippen molar-refractivity contribution in [3.63, 3.8) is 0 Å². The highest BCUT2D eigenvalue weighted by atomic mass is 35.5. The lowest BCUT2D eigenvalue weighted by atomic mass is 10.1. The molecule has 106 valence electrons. The highest BCUT2D eigenvalue weighted by molar-refractivity contribution is 6.30. The second kappa shape index (κ2) is 5.97. The highest BCUT2D eigenvalue weighted by Crippen LogP contribution is 2.21. The third-order valence-corrected chi connectivity index (χ3v) is 3.53. The molecule has 0 aliphatic rings. The van der Waals surface area contributed by atoms with Gasteiger partial charge in [0, 0.05) is 22.6 Å². The van der Waals surface area contributed by atoms with Crippen LogP contribution in [0.3, 0.4) is 0 Å². The van der Waals surface area contributed by atoms with Crippen LogP contribution in [0.15, 0.2) is 48.8 Å². The molecule has 0 saturated carbocycles. The number of nitrogens with two attached hydrogens (primary N) is 1. The minimum absolute atomic E-state index is 0.702. The van der Waals surface area contributed by atoms with E-state index in [2.05, 4.69) is 15.3 Å². The van der Waals surface area contributed by atoms with Gasteiger partial charge in [-0.2, -0.15) is 0 Å². The molecule has 0 saturated heterocycles. The fraction of sp³-hybridized carbons (Fsp3) is 0.125. The average molecular weight is 299 g/mol. The maximum absolute atomic E-state index is 5.88. The summed E-state index contributed by atoms with van der Waals surface area (Å²) in [6.45, 7) is 0.790. The molecule has 1 aromatic heterocycles. The number of hydrogen-bond acceptors (Lipinski definition) is 4. The number of benzene rings is 2. The molecule has 4 nitrogen and oxygen atoms in total. The smallest absolute Gasteiger partial charge is 0.137 e. The summed E-state index contributed by atoms with van der Waals surface area (Å²) in [5.74, 6) is 0.828. The van der Waals surface area contributed by atoms with E-state index in [1.54, 1.807) is 6.33 Å². The van der Waals surface area contributed by atoms with Crippen LogP contribution in [0.4, 0.5) is 11.5 Å². The van der Waals surface area contributed by atoms with Crippen molar-refractivity contribution in [2.45, 2.75) is 6.42 Å². The maximum atomic E-state index is 5.88. The first kappa shape index (κ1) is 13.6. The Balaban J connectivity index is 1.72. The number of nitrogen functional groups attached to an aromatic ring is 1. The molecule has 0 amide bonds. The molecule has 3 rings (SSSR count). The molecule has 0 atom stereocenters. The van der Waals surface area contributed by atoms with Gasteiger partial charge in [-0.15, -0.1) is 0 Å². The van der Waals surface area contributed by atoms with Crippen LogP contribution < -0.4 is 11.1 Å². The van der Waals surface area contributed by atoms with Gasteiger partial charge in [0.25, 0.3) is 0 Å². The topological polar surface area (TPSA) is 63.8 Å². The summed E-state index contributed by atoms with van der Waals surface area (Å²) in [7, 11) is 0. The lowest BCUT2D eigenvalue weighted by molar-refractivity contribution is 1.01. The van der Waals surface area contributed by atoms with Crippen molar-refractivity contribution in [3.05, 3.63) is 59.4 Å². The fourth-order valence-electron chi connectivity index (χ4n) is 2.19. The Bertz CT molecular complexity index is 756. The van der Waals surface area contributed by atoms with E-state index in [0.29, 0.717) is 5.69 Å². The standard InChI is InChI=1S/C16H15ClN4/c17-12-3-1-11(2-4-12)7-8-19-16-14-6-5-13(18)9-15(14)20-10-21-16/h1-6,9-10H,7-8,18H2,(H,19,20,21). The van der Waals surface area contributed by atoms with E-state index in [9.17, 15) is 0 Å². The molecule has 5 heteroatoms. The largest absolute Gasteiger partial charge is 0.399 e. The Morgan fingerprint density at radius 2 is 1.86 bits per heavy atom. The van der Waals surface area contributed by atoms with Crippen LogP contribution >= 0.6 is 11.6 Å². The van der Waals surface area contributed by atoms with Crippen molar-refractivity contribution < 1.29 is 0 Å². The SMILES string of the molecule is Nc1ccc2c(NCCc3ccc(Cl)cc3)ncnc2c1. The molecule has 3 aromatic rings. The van der Waals surface area contributed by atoms with Gasteiger partial charge < -0.3 is 11.1 Å². The summed E-state index contributed by atoms with van der Waals surface area (Å²) >= 11 is 5.88. The molecule has 0 aliphatic heterocycles. The van der Waals surface area contributed by atoms with Gasteiger partial charge in [-0.25, -0.2) is 9.97 Å². The first-order valence-electron chi connectivity index (χ1n) is 6.71. The monoisotopic (exact) mass is 298 g/mol. The quantitative estimate of drug-likeness (QED) is 0.723. The van der Waals surface area contributed by atoms with Gasteiger partial charge in [-0.3, -0.25) is 0 Å². The molecule has 0 radical (unpaired) electrons. The van der Waals surface area contributed by atoms with E-state index in [-0.39, 0.29) is 0 Å². The molecule has 3 N–H and O–H groups in total. The van der Waals surface area contributed by atoms with E-state index in [1.165, 1.54) is 5.56 Å². The minimum atomic E-state index is 0.702. The van der Waals surface area contributed by atoms with E-state index in [0.717, 1.165) is 34.7 Å². The summed E-state index contributed by atoms with van der Waals surface area (Å²) < 4.78 is 0. The molecule has 21 heavy (non-hydrogen) atoms. The third kappa shape index (κ3) is 3.23. The minimum Gasteiger partial charge on any atom is -0.399 e. The number of nitrogens with zero attached hydrogens (tertiary/aromatic N) is 2. The number of hydrogen-bond donors (Lipinski definition) is 2. The van der Waals surface area contributed by atoms with Crippen LogP contribution in [0.25, 0.3) is 10.9 Å². The fourth-order valence-corrected chi connectivity index (χ4v) is 2.32. The van der Waals surface area contributed by atoms with Crippen LogP contribution in [-0.4, -0.2) is 16.5 Å². The second-order valence-corrected chi connectivity index (χ2v) is 5.24. The third-order valence-electron chi connectivity index (χ3n) is 3.28. The predicted octanol–water partition coefficient (Wildman–Crippen LogP) is 3.52. The number of nitrogens with one attached hydrogen (secondary N) is 1. The first-order valence-corrected chi connectivity index (χ1v) is 7.09. The number of rotatable bonds is 4. The zero-order valence-corrected chi connectivity index (χ0v) is 12.1. The summed E-state index contributed by atoms with van der Waals surface area (Å²) in [5, 5.41) is 5.08. The van der Waals surface area contributed by atoms with Gasteiger partial charge in [-0.05, 0) is 42.3 Å². The molecule has 0 bridgehead atoms. The van der Waals surface area contributed by atoms with Gasteiger partial charge in [0.1, 0.15) is 12.1 Å². The number of anilines is 2. The Kier molecular flexibility index (Phi) is 3.88. The van der Waals surface area contributed by atoms with Crippen molar-refractivity contribution in [3.8, 4) is 0 Å². The molecular formula is C16H15ClN4. The number of aromatic nitrogens is 2. The van der Waals surface area contributed by atoms with Gasteiger partial charge in [0.2, 0.25) is 0 Å². The van der Waals surface area contributed by atoms with E-state index >= 15 is 0 Å².